The minimum absolute atomic E-state index is 0.295. The van der Waals surface area contributed by atoms with Crippen LogP contribution < -0.4 is 16.0 Å². The number of anilines is 1. The molecule has 0 spiro atoms. The van der Waals surface area contributed by atoms with E-state index in [0.717, 1.165) is 12.0 Å². The molecule has 1 aromatic rings. The third kappa shape index (κ3) is 2.31. The Hall–Kier alpha value is -1.62. The van der Waals surface area contributed by atoms with Crippen molar-refractivity contribution in [2.75, 3.05) is 18.5 Å². The molecule has 18 heavy (non-hydrogen) atoms. The summed E-state index contributed by atoms with van der Waals surface area (Å²) in [6, 6.07) is 4.58. The molecule has 98 valence electrons. The summed E-state index contributed by atoms with van der Waals surface area (Å²) in [5, 5.41) is 3.01. The Morgan fingerprint density at radius 3 is 3.06 bits per heavy atom. The number of para-hydroxylation sites is 1. The van der Waals surface area contributed by atoms with Crippen LogP contribution in [0.5, 0.6) is 0 Å². The number of amides is 1. The topological polar surface area (TPSA) is 58.4 Å². The zero-order valence-electron chi connectivity index (χ0n) is 10.4. The molecule has 1 heterocycles. The van der Waals surface area contributed by atoms with Gasteiger partial charge < -0.3 is 16.0 Å². The average Bonchev–Trinajstić information content (AvgIpc) is 2.78. The van der Waals surface area contributed by atoms with Crippen molar-refractivity contribution < 1.29 is 9.18 Å². The van der Waals surface area contributed by atoms with Gasteiger partial charge in [0.2, 0.25) is 5.91 Å². The molecule has 2 rings (SSSR count). The van der Waals surface area contributed by atoms with Crippen molar-refractivity contribution in [1.29, 1.82) is 0 Å². The summed E-state index contributed by atoms with van der Waals surface area (Å²) in [5.41, 5.74) is 6.74. The van der Waals surface area contributed by atoms with Gasteiger partial charge in [-0.15, -0.1) is 0 Å². The third-order valence-corrected chi connectivity index (χ3v) is 3.31. The average molecular weight is 251 g/mol. The number of halogens is 1. The van der Waals surface area contributed by atoms with Gasteiger partial charge in [0, 0.05) is 13.1 Å². The van der Waals surface area contributed by atoms with E-state index >= 15 is 0 Å². The van der Waals surface area contributed by atoms with E-state index in [-0.39, 0.29) is 11.7 Å². The number of nitrogens with one attached hydrogen (secondary N) is 1. The molecular weight excluding hydrogens is 233 g/mol. The number of rotatable bonds is 4. The summed E-state index contributed by atoms with van der Waals surface area (Å²) < 4.78 is 14.0. The Morgan fingerprint density at radius 2 is 2.39 bits per heavy atom. The van der Waals surface area contributed by atoms with E-state index in [1.165, 1.54) is 6.07 Å². The molecule has 1 unspecified atom stereocenters. The predicted molar refractivity (Wildman–Crippen MR) is 68.7 cm³/mol. The second-order valence-corrected chi connectivity index (χ2v) is 4.53. The maximum Gasteiger partial charge on any atom is 0.240 e. The lowest BCUT2D eigenvalue weighted by Gasteiger charge is -2.27. The molecular formula is C13H18FN3O. The van der Waals surface area contributed by atoms with Crippen LogP contribution in [0, 0.1) is 5.82 Å². The zero-order valence-corrected chi connectivity index (χ0v) is 10.4. The van der Waals surface area contributed by atoms with Crippen molar-refractivity contribution in [3.05, 3.63) is 29.6 Å². The number of hydrogen-bond acceptors (Lipinski definition) is 3. The molecule has 0 saturated carbocycles. The van der Waals surface area contributed by atoms with Crippen LogP contribution in [0.4, 0.5) is 10.1 Å². The number of benzene rings is 1. The Balaban J connectivity index is 2.39. The molecule has 3 N–H and O–H groups in total. The first-order valence-corrected chi connectivity index (χ1v) is 6.13. The summed E-state index contributed by atoms with van der Waals surface area (Å²) in [6.07, 6.45) is 1.56. The fourth-order valence-electron chi connectivity index (χ4n) is 2.54. The van der Waals surface area contributed by atoms with Gasteiger partial charge in [-0.25, -0.2) is 4.39 Å². The van der Waals surface area contributed by atoms with Gasteiger partial charge in [0.25, 0.3) is 0 Å². The van der Waals surface area contributed by atoms with Crippen LogP contribution >= 0.6 is 0 Å². The number of primary amides is 1. The second kappa shape index (κ2) is 5.35. The van der Waals surface area contributed by atoms with E-state index in [4.69, 9.17) is 5.73 Å². The SMILES string of the molecule is CNCc1cccc(F)c1N1CCCC1C(N)=O. The molecule has 0 radical (unpaired) electrons. The number of carbonyl (C=O) groups is 1. The third-order valence-electron chi connectivity index (χ3n) is 3.31. The van der Waals surface area contributed by atoms with Crippen molar-refractivity contribution in [1.82, 2.24) is 5.32 Å². The van der Waals surface area contributed by atoms with Crippen LogP contribution in [0.2, 0.25) is 0 Å². The molecule has 0 aliphatic carbocycles. The first-order chi connectivity index (χ1) is 8.65. The van der Waals surface area contributed by atoms with Gasteiger partial charge in [-0.1, -0.05) is 12.1 Å². The number of hydrogen-bond donors (Lipinski definition) is 2. The molecule has 1 aromatic carbocycles. The summed E-state index contributed by atoms with van der Waals surface area (Å²) in [7, 11) is 1.81. The largest absolute Gasteiger partial charge is 0.368 e. The summed E-state index contributed by atoms with van der Waals surface area (Å²) in [6.45, 7) is 1.24. The summed E-state index contributed by atoms with van der Waals surface area (Å²) >= 11 is 0. The van der Waals surface area contributed by atoms with E-state index < -0.39 is 6.04 Å². The van der Waals surface area contributed by atoms with Gasteiger partial charge >= 0.3 is 0 Å². The Bertz CT molecular complexity index is 450. The maximum absolute atomic E-state index is 14.0. The Morgan fingerprint density at radius 1 is 1.61 bits per heavy atom. The number of nitrogens with zero attached hydrogens (tertiary/aromatic N) is 1. The standard InChI is InChI=1S/C13H18FN3O/c1-16-8-9-4-2-5-10(14)12(9)17-7-3-6-11(17)13(15)18/h2,4-5,11,16H,3,6-8H2,1H3,(H2,15,18). The lowest BCUT2D eigenvalue weighted by Crippen LogP contribution is -2.41. The van der Waals surface area contributed by atoms with E-state index in [1.807, 2.05) is 13.1 Å². The fraction of sp³-hybridized carbons (Fsp3) is 0.462. The molecule has 0 bridgehead atoms. The molecule has 4 nitrogen and oxygen atoms in total. The quantitative estimate of drug-likeness (QED) is 0.839. The molecule has 0 aromatic heterocycles. The van der Waals surface area contributed by atoms with Gasteiger partial charge in [0.05, 0.1) is 5.69 Å². The van der Waals surface area contributed by atoms with E-state index in [2.05, 4.69) is 5.32 Å². The van der Waals surface area contributed by atoms with E-state index in [9.17, 15) is 9.18 Å². The lowest BCUT2D eigenvalue weighted by atomic mass is 10.1. The Kier molecular flexibility index (Phi) is 3.81. The van der Waals surface area contributed by atoms with Gasteiger partial charge in [-0.3, -0.25) is 4.79 Å². The predicted octanol–water partition coefficient (Wildman–Crippen LogP) is 0.999. The number of carbonyl (C=O) groups excluding carboxylic acids is 1. The highest BCUT2D eigenvalue weighted by molar-refractivity contribution is 5.84. The van der Waals surface area contributed by atoms with Crippen molar-refractivity contribution in [2.24, 2.45) is 5.73 Å². The Labute approximate surface area is 106 Å². The zero-order chi connectivity index (χ0) is 13.1. The van der Waals surface area contributed by atoms with E-state index in [1.54, 1.807) is 11.0 Å². The molecule has 1 aliphatic heterocycles. The normalized spacial score (nSPS) is 19.2. The van der Waals surface area contributed by atoms with Crippen LogP contribution in [0.3, 0.4) is 0 Å². The van der Waals surface area contributed by atoms with Crippen LogP contribution in [0.25, 0.3) is 0 Å². The molecule has 5 heteroatoms. The van der Waals surface area contributed by atoms with Crippen molar-refractivity contribution >= 4 is 11.6 Å². The minimum Gasteiger partial charge on any atom is -0.368 e. The highest BCUT2D eigenvalue weighted by Gasteiger charge is 2.31. The van der Waals surface area contributed by atoms with Crippen molar-refractivity contribution in [3.8, 4) is 0 Å². The highest BCUT2D eigenvalue weighted by Crippen LogP contribution is 2.31. The van der Waals surface area contributed by atoms with Gasteiger partial charge in [-0.2, -0.15) is 0 Å². The van der Waals surface area contributed by atoms with Crippen LogP contribution in [-0.2, 0) is 11.3 Å². The second-order valence-electron chi connectivity index (χ2n) is 4.53. The van der Waals surface area contributed by atoms with Crippen molar-refractivity contribution in [3.63, 3.8) is 0 Å². The first-order valence-electron chi connectivity index (χ1n) is 6.13. The van der Waals surface area contributed by atoms with Crippen LogP contribution in [0.15, 0.2) is 18.2 Å². The van der Waals surface area contributed by atoms with Crippen molar-refractivity contribution in [2.45, 2.75) is 25.4 Å². The van der Waals surface area contributed by atoms with E-state index in [0.29, 0.717) is 25.2 Å². The highest BCUT2D eigenvalue weighted by atomic mass is 19.1. The molecule has 1 amide bonds. The molecule has 1 saturated heterocycles. The lowest BCUT2D eigenvalue weighted by molar-refractivity contribution is -0.119. The molecule has 1 fully saturated rings. The summed E-state index contributed by atoms with van der Waals surface area (Å²) in [5.74, 6) is -0.679. The maximum atomic E-state index is 14.0. The molecule has 1 atom stereocenters. The smallest absolute Gasteiger partial charge is 0.240 e. The monoisotopic (exact) mass is 251 g/mol. The van der Waals surface area contributed by atoms with Gasteiger partial charge in [0.15, 0.2) is 0 Å². The van der Waals surface area contributed by atoms with Crippen LogP contribution in [0.1, 0.15) is 18.4 Å². The minimum atomic E-state index is -0.391. The fourth-order valence-corrected chi connectivity index (χ4v) is 2.54. The van der Waals surface area contributed by atoms with Gasteiger partial charge in [0.1, 0.15) is 11.9 Å². The first kappa shape index (κ1) is 12.8. The van der Waals surface area contributed by atoms with Gasteiger partial charge in [-0.05, 0) is 31.5 Å². The number of nitrogens with two attached hydrogens (primary N) is 1. The summed E-state index contributed by atoms with van der Waals surface area (Å²) in [4.78, 5) is 13.2. The van der Waals surface area contributed by atoms with Crippen LogP contribution in [-0.4, -0.2) is 25.5 Å². The molecule has 1 aliphatic rings.